The van der Waals surface area contributed by atoms with Crippen molar-refractivity contribution in [1.82, 2.24) is 10.2 Å². The highest BCUT2D eigenvalue weighted by molar-refractivity contribution is 6.30. The SMILES string of the molecule is Cc1c(C(O)N2CC3(CCC(=O)N3)C2)oc2ccc(-c3ccc(Cl)cc3)cc12. The van der Waals surface area contributed by atoms with Gasteiger partial charge in [0.25, 0.3) is 0 Å². The summed E-state index contributed by atoms with van der Waals surface area (Å²) in [4.78, 5) is 13.5. The molecule has 0 radical (unpaired) electrons. The second kappa shape index (κ2) is 6.34. The number of halogens is 1. The zero-order chi connectivity index (χ0) is 19.5. The number of carbonyl (C=O) groups is 1. The quantitative estimate of drug-likeness (QED) is 0.701. The Hall–Kier alpha value is -2.34. The van der Waals surface area contributed by atoms with Crippen LogP contribution in [0.3, 0.4) is 0 Å². The summed E-state index contributed by atoms with van der Waals surface area (Å²) in [5.74, 6) is 0.672. The number of aryl methyl sites for hydroxylation is 1. The number of fused-ring (bicyclic) bond motifs is 1. The van der Waals surface area contributed by atoms with Gasteiger partial charge in [-0.15, -0.1) is 0 Å². The van der Waals surface area contributed by atoms with Gasteiger partial charge in [0.2, 0.25) is 5.91 Å². The number of benzene rings is 2. The summed E-state index contributed by atoms with van der Waals surface area (Å²) in [6, 6.07) is 13.8. The molecule has 6 heteroatoms. The number of furan rings is 1. The maximum Gasteiger partial charge on any atom is 0.220 e. The van der Waals surface area contributed by atoms with Crippen LogP contribution in [0.4, 0.5) is 0 Å². The zero-order valence-corrected chi connectivity index (χ0v) is 16.3. The molecule has 5 nitrogen and oxygen atoms in total. The van der Waals surface area contributed by atoms with Gasteiger partial charge in [-0.3, -0.25) is 9.69 Å². The summed E-state index contributed by atoms with van der Waals surface area (Å²) in [6.45, 7) is 3.27. The van der Waals surface area contributed by atoms with Crippen LogP contribution in [0.5, 0.6) is 0 Å². The number of amides is 1. The summed E-state index contributed by atoms with van der Waals surface area (Å²) in [5.41, 5.74) is 3.68. The van der Waals surface area contributed by atoms with Crippen molar-refractivity contribution in [3.05, 3.63) is 58.8 Å². The van der Waals surface area contributed by atoms with E-state index in [2.05, 4.69) is 11.4 Å². The minimum Gasteiger partial charge on any atom is -0.457 e. The Morgan fingerprint density at radius 2 is 1.89 bits per heavy atom. The third kappa shape index (κ3) is 2.82. The predicted molar refractivity (Wildman–Crippen MR) is 108 cm³/mol. The molecule has 1 unspecified atom stereocenters. The van der Waals surface area contributed by atoms with Gasteiger partial charge in [0.05, 0.1) is 5.54 Å². The molecule has 2 fully saturated rings. The second-order valence-electron chi connectivity index (χ2n) is 7.92. The Labute approximate surface area is 167 Å². The number of hydrogen-bond acceptors (Lipinski definition) is 4. The van der Waals surface area contributed by atoms with Gasteiger partial charge in [-0.1, -0.05) is 29.8 Å². The summed E-state index contributed by atoms with van der Waals surface area (Å²) >= 11 is 5.99. The van der Waals surface area contributed by atoms with Crippen LogP contribution in [0.2, 0.25) is 5.02 Å². The van der Waals surface area contributed by atoms with Gasteiger partial charge in [0, 0.05) is 35.5 Å². The molecule has 1 atom stereocenters. The maximum absolute atomic E-state index is 11.5. The average Bonchev–Trinajstić information content (AvgIpc) is 3.21. The van der Waals surface area contributed by atoms with Crippen LogP contribution in [0.1, 0.15) is 30.4 Å². The summed E-state index contributed by atoms with van der Waals surface area (Å²) in [5, 5.41) is 15.6. The van der Waals surface area contributed by atoms with Crippen molar-refractivity contribution in [1.29, 1.82) is 0 Å². The van der Waals surface area contributed by atoms with Crippen molar-refractivity contribution in [3.8, 4) is 11.1 Å². The molecule has 2 aromatic carbocycles. The first-order chi connectivity index (χ1) is 13.4. The first-order valence-electron chi connectivity index (χ1n) is 9.46. The van der Waals surface area contributed by atoms with Gasteiger partial charge in [0.1, 0.15) is 5.58 Å². The molecule has 5 rings (SSSR count). The first-order valence-corrected chi connectivity index (χ1v) is 9.84. The van der Waals surface area contributed by atoms with Crippen LogP contribution < -0.4 is 5.32 Å². The highest BCUT2D eigenvalue weighted by Gasteiger charge is 2.50. The highest BCUT2D eigenvalue weighted by Crippen LogP contribution is 2.39. The highest BCUT2D eigenvalue weighted by atomic mass is 35.5. The molecule has 3 aromatic rings. The van der Waals surface area contributed by atoms with E-state index in [0.29, 0.717) is 30.3 Å². The lowest BCUT2D eigenvalue weighted by Crippen LogP contribution is -2.67. The molecule has 0 bridgehead atoms. The molecule has 1 aromatic heterocycles. The van der Waals surface area contributed by atoms with Crippen LogP contribution in [0.25, 0.3) is 22.1 Å². The van der Waals surface area contributed by atoms with Crippen molar-refractivity contribution in [2.24, 2.45) is 0 Å². The molecule has 2 N–H and O–H groups in total. The summed E-state index contributed by atoms with van der Waals surface area (Å²) in [6.07, 6.45) is 0.592. The number of nitrogens with zero attached hydrogens (tertiary/aromatic N) is 1. The molecule has 2 aliphatic rings. The lowest BCUT2D eigenvalue weighted by molar-refractivity contribution is -0.124. The number of likely N-dealkylation sites (tertiary alicyclic amines) is 1. The number of carbonyl (C=O) groups excluding carboxylic acids is 1. The molecule has 3 heterocycles. The predicted octanol–water partition coefficient (Wildman–Crippen LogP) is 4.02. The number of nitrogens with one attached hydrogen (secondary N) is 1. The van der Waals surface area contributed by atoms with Crippen LogP contribution in [0, 0.1) is 6.92 Å². The largest absolute Gasteiger partial charge is 0.457 e. The first kappa shape index (κ1) is 17.7. The van der Waals surface area contributed by atoms with Crippen LogP contribution in [-0.2, 0) is 4.79 Å². The maximum atomic E-state index is 11.5. The van der Waals surface area contributed by atoms with Crippen LogP contribution in [-0.4, -0.2) is 34.5 Å². The standard InChI is InChI=1S/C22H21ClN2O3/c1-13-17-10-15(14-2-5-16(23)6-3-14)4-7-18(17)28-20(13)21(27)25-11-22(12-25)9-8-19(26)24-22/h2-7,10,21,27H,8-9,11-12H2,1H3,(H,24,26). The smallest absolute Gasteiger partial charge is 0.220 e. The molecule has 1 spiro atoms. The minimum atomic E-state index is -0.811. The molecule has 2 aliphatic heterocycles. The Morgan fingerprint density at radius 1 is 1.18 bits per heavy atom. The van der Waals surface area contributed by atoms with Gasteiger partial charge >= 0.3 is 0 Å². The van der Waals surface area contributed by atoms with Gasteiger partial charge in [0.15, 0.2) is 12.0 Å². The van der Waals surface area contributed by atoms with Crippen molar-refractivity contribution in [3.63, 3.8) is 0 Å². The fourth-order valence-electron chi connectivity index (χ4n) is 4.39. The van der Waals surface area contributed by atoms with E-state index >= 15 is 0 Å². The number of aliphatic hydroxyl groups excluding tert-OH is 1. The van der Waals surface area contributed by atoms with E-state index in [4.69, 9.17) is 16.0 Å². The number of hydrogen-bond donors (Lipinski definition) is 2. The number of aliphatic hydroxyl groups is 1. The normalized spacial score (nSPS) is 19.8. The van der Waals surface area contributed by atoms with Crippen molar-refractivity contribution < 1.29 is 14.3 Å². The monoisotopic (exact) mass is 396 g/mol. The Morgan fingerprint density at radius 3 is 2.57 bits per heavy atom. The third-order valence-corrected chi connectivity index (χ3v) is 6.23. The summed E-state index contributed by atoms with van der Waals surface area (Å²) in [7, 11) is 0. The Bertz CT molecular complexity index is 1070. The molecule has 0 saturated carbocycles. The molecule has 1 amide bonds. The minimum absolute atomic E-state index is 0.101. The molecule has 0 aliphatic carbocycles. The molecule has 28 heavy (non-hydrogen) atoms. The Balaban J connectivity index is 1.42. The molecule has 2 saturated heterocycles. The van der Waals surface area contributed by atoms with E-state index in [1.54, 1.807) is 0 Å². The number of rotatable bonds is 3. The summed E-state index contributed by atoms with van der Waals surface area (Å²) < 4.78 is 6.00. The molecule has 144 valence electrons. The van der Waals surface area contributed by atoms with Crippen molar-refractivity contribution >= 4 is 28.5 Å². The fraction of sp³-hybridized carbons (Fsp3) is 0.318. The third-order valence-electron chi connectivity index (χ3n) is 5.98. The molecular formula is C22H21ClN2O3. The van der Waals surface area contributed by atoms with Crippen molar-refractivity contribution in [2.75, 3.05) is 13.1 Å². The topological polar surface area (TPSA) is 65.7 Å². The van der Waals surface area contributed by atoms with Gasteiger partial charge in [-0.25, -0.2) is 0 Å². The van der Waals surface area contributed by atoms with Crippen LogP contribution in [0.15, 0.2) is 46.9 Å². The van der Waals surface area contributed by atoms with Gasteiger partial charge in [-0.05, 0) is 48.7 Å². The fourth-order valence-corrected chi connectivity index (χ4v) is 4.51. The van der Waals surface area contributed by atoms with E-state index in [0.717, 1.165) is 34.1 Å². The van der Waals surface area contributed by atoms with Crippen molar-refractivity contribution in [2.45, 2.75) is 31.5 Å². The average molecular weight is 397 g/mol. The van der Waals surface area contributed by atoms with E-state index in [1.807, 2.05) is 48.2 Å². The lowest BCUT2D eigenvalue weighted by atomic mass is 9.87. The second-order valence-corrected chi connectivity index (χ2v) is 8.35. The zero-order valence-electron chi connectivity index (χ0n) is 15.5. The lowest BCUT2D eigenvalue weighted by Gasteiger charge is -2.49. The Kier molecular flexibility index (Phi) is 4.02. The van der Waals surface area contributed by atoms with Gasteiger partial charge in [-0.2, -0.15) is 0 Å². The van der Waals surface area contributed by atoms with E-state index in [-0.39, 0.29) is 11.4 Å². The van der Waals surface area contributed by atoms with E-state index in [1.165, 1.54) is 0 Å². The van der Waals surface area contributed by atoms with E-state index in [9.17, 15) is 9.90 Å². The van der Waals surface area contributed by atoms with Gasteiger partial charge < -0.3 is 14.8 Å². The van der Waals surface area contributed by atoms with E-state index < -0.39 is 6.23 Å². The van der Waals surface area contributed by atoms with Crippen LogP contribution >= 0.6 is 11.6 Å². The molecular weight excluding hydrogens is 376 g/mol.